The van der Waals surface area contributed by atoms with E-state index in [2.05, 4.69) is 42.3 Å². The van der Waals surface area contributed by atoms with E-state index in [9.17, 15) is 0 Å². The second kappa shape index (κ2) is 6.93. The summed E-state index contributed by atoms with van der Waals surface area (Å²) in [5, 5.41) is 0. The molecule has 0 spiro atoms. The van der Waals surface area contributed by atoms with Crippen molar-refractivity contribution in [2.24, 2.45) is 11.7 Å². The van der Waals surface area contributed by atoms with E-state index in [1.54, 1.807) is 5.56 Å². The lowest BCUT2D eigenvalue weighted by Crippen LogP contribution is -2.45. The van der Waals surface area contributed by atoms with E-state index < -0.39 is 0 Å². The molecule has 2 unspecified atom stereocenters. The van der Waals surface area contributed by atoms with Crippen LogP contribution in [0.2, 0.25) is 0 Å². The third-order valence-electron chi connectivity index (χ3n) is 5.99. The summed E-state index contributed by atoms with van der Waals surface area (Å²) in [4.78, 5) is 2.69. The minimum atomic E-state index is 0.738. The molecule has 116 valence electrons. The van der Waals surface area contributed by atoms with Crippen LogP contribution in [0.25, 0.3) is 0 Å². The summed E-state index contributed by atoms with van der Waals surface area (Å²) in [5.41, 5.74) is 7.50. The topological polar surface area (TPSA) is 29.3 Å². The summed E-state index contributed by atoms with van der Waals surface area (Å²) in [6.07, 6.45) is 9.46. The van der Waals surface area contributed by atoms with Crippen molar-refractivity contribution in [3.63, 3.8) is 0 Å². The van der Waals surface area contributed by atoms with Gasteiger partial charge in [-0.3, -0.25) is 0 Å². The van der Waals surface area contributed by atoms with Crippen LogP contribution in [0.4, 0.5) is 0 Å². The highest BCUT2D eigenvalue weighted by atomic mass is 15.2. The van der Waals surface area contributed by atoms with Crippen molar-refractivity contribution in [1.29, 1.82) is 0 Å². The summed E-state index contributed by atoms with van der Waals surface area (Å²) in [6.45, 7) is 0.869. The van der Waals surface area contributed by atoms with Crippen molar-refractivity contribution in [3.8, 4) is 0 Å². The largest absolute Gasteiger partial charge is 0.330 e. The van der Waals surface area contributed by atoms with Crippen LogP contribution in [0.5, 0.6) is 0 Å². The molecule has 2 atom stereocenters. The van der Waals surface area contributed by atoms with Gasteiger partial charge in [0.15, 0.2) is 0 Å². The van der Waals surface area contributed by atoms with Gasteiger partial charge >= 0.3 is 0 Å². The molecule has 0 bridgehead atoms. The molecule has 2 fully saturated rings. The zero-order valence-electron chi connectivity index (χ0n) is 13.4. The van der Waals surface area contributed by atoms with Crippen molar-refractivity contribution in [2.45, 2.75) is 62.9 Å². The maximum atomic E-state index is 5.96. The highest BCUT2D eigenvalue weighted by Crippen LogP contribution is 2.37. The van der Waals surface area contributed by atoms with Crippen molar-refractivity contribution < 1.29 is 0 Å². The van der Waals surface area contributed by atoms with Gasteiger partial charge in [0, 0.05) is 12.1 Å². The molecule has 0 aliphatic heterocycles. The minimum Gasteiger partial charge on any atom is -0.330 e. The van der Waals surface area contributed by atoms with E-state index in [1.165, 1.54) is 44.9 Å². The average Bonchev–Trinajstić information content (AvgIpc) is 3.04. The fourth-order valence-corrected chi connectivity index (χ4v) is 4.64. The zero-order valence-corrected chi connectivity index (χ0v) is 13.4. The van der Waals surface area contributed by atoms with Crippen LogP contribution in [0.3, 0.4) is 0 Å². The van der Waals surface area contributed by atoms with Crippen LogP contribution in [-0.4, -0.2) is 30.6 Å². The number of rotatable bonds is 4. The second-order valence-corrected chi connectivity index (χ2v) is 7.08. The van der Waals surface area contributed by atoms with Crippen LogP contribution in [0.15, 0.2) is 30.3 Å². The van der Waals surface area contributed by atoms with E-state index in [0.29, 0.717) is 0 Å². The van der Waals surface area contributed by atoms with Gasteiger partial charge in [-0.05, 0) is 69.5 Å². The molecule has 21 heavy (non-hydrogen) atoms. The fourth-order valence-electron chi connectivity index (χ4n) is 4.64. The molecule has 1 aromatic carbocycles. The van der Waals surface area contributed by atoms with Crippen LogP contribution in [-0.2, 0) is 0 Å². The molecule has 2 heteroatoms. The average molecular weight is 286 g/mol. The van der Waals surface area contributed by atoms with Gasteiger partial charge in [0.1, 0.15) is 0 Å². The van der Waals surface area contributed by atoms with E-state index in [4.69, 9.17) is 5.73 Å². The molecule has 2 aliphatic carbocycles. The van der Waals surface area contributed by atoms with Gasteiger partial charge in [-0.1, -0.05) is 36.8 Å². The van der Waals surface area contributed by atoms with Crippen LogP contribution >= 0.6 is 0 Å². The molecule has 2 aliphatic rings. The fraction of sp³-hybridized carbons (Fsp3) is 0.684. The second-order valence-electron chi connectivity index (χ2n) is 7.08. The Morgan fingerprint density at radius 2 is 1.71 bits per heavy atom. The van der Waals surface area contributed by atoms with Gasteiger partial charge in [0.25, 0.3) is 0 Å². The molecule has 0 amide bonds. The molecular weight excluding hydrogens is 256 g/mol. The molecule has 0 saturated heterocycles. The molecule has 1 aromatic rings. The van der Waals surface area contributed by atoms with Crippen LogP contribution in [0, 0.1) is 5.92 Å². The number of nitrogens with zero attached hydrogens (tertiary/aromatic N) is 1. The van der Waals surface area contributed by atoms with Crippen molar-refractivity contribution in [2.75, 3.05) is 13.6 Å². The predicted octanol–water partition coefficient (Wildman–Crippen LogP) is 3.77. The van der Waals surface area contributed by atoms with Gasteiger partial charge < -0.3 is 10.6 Å². The maximum absolute atomic E-state index is 5.96. The first-order valence-electron chi connectivity index (χ1n) is 8.76. The molecule has 2 nitrogen and oxygen atoms in total. The lowest BCUT2D eigenvalue weighted by Gasteiger charge is -2.40. The molecule has 0 heterocycles. The summed E-state index contributed by atoms with van der Waals surface area (Å²) in [5.74, 6) is 1.52. The van der Waals surface area contributed by atoms with Crippen molar-refractivity contribution in [3.05, 3.63) is 35.9 Å². The third kappa shape index (κ3) is 3.32. The van der Waals surface area contributed by atoms with Gasteiger partial charge in [-0.25, -0.2) is 0 Å². The van der Waals surface area contributed by atoms with Crippen LogP contribution < -0.4 is 5.73 Å². The number of benzene rings is 1. The normalized spacial score (nSPS) is 33.5. The van der Waals surface area contributed by atoms with Gasteiger partial charge in [-0.15, -0.1) is 0 Å². The summed E-state index contributed by atoms with van der Waals surface area (Å²) in [7, 11) is 2.35. The Balaban J connectivity index is 1.56. The molecule has 2 N–H and O–H groups in total. The highest BCUT2D eigenvalue weighted by Gasteiger charge is 2.34. The first kappa shape index (κ1) is 15.1. The Hall–Kier alpha value is -0.860. The Labute approximate surface area is 129 Å². The van der Waals surface area contributed by atoms with Crippen LogP contribution in [0.1, 0.15) is 56.4 Å². The quantitative estimate of drug-likeness (QED) is 0.913. The Morgan fingerprint density at radius 1 is 1.00 bits per heavy atom. The first-order valence-corrected chi connectivity index (χ1v) is 8.76. The molecule has 0 aromatic heterocycles. The van der Waals surface area contributed by atoms with E-state index >= 15 is 0 Å². The first-order chi connectivity index (χ1) is 10.3. The zero-order chi connectivity index (χ0) is 14.7. The van der Waals surface area contributed by atoms with Gasteiger partial charge in [0.2, 0.25) is 0 Å². The third-order valence-corrected chi connectivity index (χ3v) is 5.99. The number of hydrogen-bond acceptors (Lipinski definition) is 2. The lowest BCUT2D eigenvalue weighted by atomic mass is 9.81. The molecule has 0 radical (unpaired) electrons. The Bertz CT molecular complexity index is 422. The van der Waals surface area contributed by atoms with Gasteiger partial charge in [-0.2, -0.15) is 0 Å². The van der Waals surface area contributed by atoms with E-state index in [-0.39, 0.29) is 0 Å². The summed E-state index contributed by atoms with van der Waals surface area (Å²) in [6, 6.07) is 12.6. The Kier molecular flexibility index (Phi) is 4.97. The van der Waals surface area contributed by atoms with Crippen molar-refractivity contribution in [1.82, 2.24) is 4.90 Å². The SMILES string of the molecule is CN(C1CCC(c2ccccc2)CC1)C1CCCC1CN. The number of nitrogens with two attached hydrogens (primary N) is 1. The lowest BCUT2D eigenvalue weighted by molar-refractivity contribution is 0.109. The summed E-state index contributed by atoms with van der Waals surface area (Å²) < 4.78 is 0. The van der Waals surface area contributed by atoms with E-state index in [1.807, 2.05) is 0 Å². The maximum Gasteiger partial charge on any atom is 0.0135 e. The standard InChI is InChI=1S/C19H30N2/c1-21(19-9-5-8-17(19)14-20)18-12-10-16(11-13-18)15-6-3-2-4-7-15/h2-4,6-7,16-19H,5,8-14,20H2,1H3. The smallest absolute Gasteiger partial charge is 0.0135 e. The minimum absolute atomic E-state index is 0.738. The molecular formula is C19H30N2. The Morgan fingerprint density at radius 3 is 2.38 bits per heavy atom. The highest BCUT2D eigenvalue weighted by molar-refractivity contribution is 5.20. The van der Waals surface area contributed by atoms with Gasteiger partial charge in [0.05, 0.1) is 0 Å². The molecule has 3 rings (SSSR count). The van der Waals surface area contributed by atoms with E-state index in [0.717, 1.165) is 30.5 Å². The molecule has 2 saturated carbocycles. The monoisotopic (exact) mass is 286 g/mol. The predicted molar refractivity (Wildman–Crippen MR) is 89.4 cm³/mol. The number of hydrogen-bond donors (Lipinski definition) is 1. The van der Waals surface area contributed by atoms with Crippen molar-refractivity contribution >= 4 is 0 Å². The summed E-state index contributed by atoms with van der Waals surface area (Å²) >= 11 is 0.